The third-order valence-corrected chi connectivity index (χ3v) is 3.63. The van der Waals surface area contributed by atoms with Gasteiger partial charge in [-0.2, -0.15) is 23.0 Å². The molecule has 1 aliphatic heterocycles. The van der Waals surface area contributed by atoms with Gasteiger partial charge in [-0.15, -0.1) is 0 Å². The number of aromatic nitrogens is 2. The maximum atomic E-state index is 11.9. The van der Waals surface area contributed by atoms with Crippen LogP contribution in [0.25, 0.3) is 0 Å². The topological polar surface area (TPSA) is 114 Å². The molecular weight excluding hydrogens is 395 g/mol. The van der Waals surface area contributed by atoms with Gasteiger partial charge in [0.05, 0.1) is 11.8 Å². The van der Waals surface area contributed by atoms with Crippen LogP contribution in [0.5, 0.6) is 0 Å². The normalized spacial score (nSPS) is 18.7. The quantitative estimate of drug-likeness (QED) is 0.643. The van der Waals surface area contributed by atoms with Crippen LogP contribution in [0.3, 0.4) is 0 Å². The monoisotopic (exact) mass is 421 g/mol. The molecule has 1 aliphatic rings. The average molecular weight is 421 g/mol. The molecule has 29 heavy (non-hydrogen) atoms. The van der Waals surface area contributed by atoms with Crippen LogP contribution < -0.4 is 5.32 Å². The lowest BCUT2D eigenvalue weighted by molar-refractivity contribution is -0.192. The van der Waals surface area contributed by atoms with Crippen molar-refractivity contribution in [2.24, 2.45) is 0 Å². The summed E-state index contributed by atoms with van der Waals surface area (Å²) in [7, 11) is 0. The molecule has 0 spiro atoms. The lowest BCUT2D eigenvalue weighted by Crippen LogP contribution is -2.33. The van der Waals surface area contributed by atoms with E-state index in [4.69, 9.17) is 14.6 Å². The fourth-order valence-corrected chi connectivity index (χ4v) is 2.29. The van der Waals surface area contributed by atoms with Gasteiger partial charge in [0.25, 0.3) is 0 Å². The number of aliphatic carboxylic acids is 1. The number of alkyl halides is 3. The second-order valence-corrected chi connectivity index (χ2v) is 7.33. The number of hydrogen-bond donors (Lipinski definition) is 3. The number of carboxylic acid groups (broad SMARTS) is 1. The summed E-state index contributed by atoms with van der Waals surface area (Å²) >= 11 is 0. The zero-order chi connectivity index (χ0) is 22.2. The minimum atomic E-state index is -5.08. The molecule has 2 rings (SSSR count). The van der Waals surface area contributed by atoms with E-state index in [9.17, 15) is 23.1 Å². The Kier molecular flexibility index (Phi) is 8.83. The van der Waals surface area contributed by atoms with Crippen molar-refractivity contribution < 1.29 is 37.7 Å². The van der Waals surface area contributed by atoms with Crippen LogP contribution in [0, 0.1) is 0 Å². The van der Waals surface area contributed by atoms with E-state index in [0.717, 1.165) is 43.6 Å². The first-order valence-corrected chi connectivity index (χ1v) is 8.95. The van der Waals surface area contributed by atoms with Crippen LogP contribution in [0.4, 0.5) is 18.0 Å². The van der Waals surface area contributed by atoms with Crippen molar-refractivity contribution in [3.8, 4) is 0 Å². The van der Waals surface area contributed by atoms with Crippen LogP contribution in [-0.2, 0) is 16.0 Å². The Morgan fingerprint density at radius 3 is 2.52 bits per heavy atom. The molecule has 0 saturated carbocycles. The third kappa shape index (κ3) is 9.57. The molecule has 1 fully saturated rings. The molecule has 164 valence electrons. The molecule has 11 heteroatoms. The molecule has 3 N–H and O–H groups in total. The fraction of sp³-hybridized carbons (Fsp3) is 0.611. The van der Waals surface area contributed by atoms with Crippen molar-refractivity contribution in [1.82, 2.24) is 15.1 Å². The smallest absolute Gasteiger partial charge is 0.475 e. The highest BCUT2D eigenvalue weighted by Gasteiger charge is 2.38. The van der Waals surface area contributed by atoms with E-state index in [1.807, 2.05) is 26.8 Å². The summed E-state index contributed by atoms with van der Waals surface area (Å²) in [5.74, 6) is -2.76. The van der Waals surface area contributed by atoms with E-state index in [1.54, 1.807) is 6.20 Å². The van der Waals surface area contributed by atoms with E-state index in [-0.39, 0.29) is 6.10 Å². The number of aliphatic hydroxyl groups excluding tert-OH is 1. The summed E-state index contributed by atoms with van der Waals surface area (Å²) in [6, 6.07) is 1.82. The predicted octanol–water partition coefficient (Wildman–Crippen LogP) is 2.51. The Labute approximate surface area is 166 Å². The number of nitrogens with one attached hydrogen (secondary N) is 1. The van der Waals surface area contributed by atoms with Gasteiger partial charge in [0, 0.05) is 12.7 Å². The first-order valence-electron chi connectivity index (χ1n) is 8.95. The number of nitrogens with zero attached hydrogens (tertiary/aromatic N) is 2. The first-order chi connectivity index (χ1) is 13.3. The van der Waals surface area contributed by atoms with Crippen LogP contribution in [0.2, 0.25) is 0 Å². The molecule has 0 bridgehead atoms. The summed E-state index contributed by atoms with van der Waals surface area (Å²) in [5, 5.41) is 24.5. The minimum Gasteiger partial charge on any atom is -0.475 e. The van der Waals surface area contributed by atoms with Crippen LogP contribution in [0.1, 0.15) is 39.3 Å². The second-order valence-electron chi connectivity index (χ2n) is 7.33. The highest BCUT2D eigenvalue weighted by Crippen LogP contribution is 2.14. The molecule has 0 aromatic carbocycles. The number of ether oxygens (including phenoxy) is 1. The van der Waals surface area contributed by atoms with Gasteiger partial charge in [0.1, 0.15) is 5.60 Å². The molecule has 2 heterocycles. The summed E-state index contributed by atoms with van der Waals surface area (Å²) in [6.45, 7) is 7.08. The maximum Gasteiger partial charge on any atom is 0.490 e. The molecule has 1 aromatic rings. The number of carboxylic acids is 1. The highest BCUT2D eigenvalue weighted by atomic mass is 19.4. The number of rotatable bonds is 3. The van der Waals surface area contributed by atoms with E-state index in [2.05, 4.69) is 16.5 Å². The van der Waals surface area contributed by atoms with Crippen LogP contribution in [-0.4, -0.2) is 63.0 Å². The Balaban J connectivity index is 0.000000516. The Morgan fingerprint density at radius 1 is 1.38 bits per heavy atom. The standard InChI is InChI=1S/C16H25N3O3.C2HF3O2/c1-16(2,3)22-15(21)19-10-8-13(18-19)6-4-5-12-11-17-9-7-14(12)20;3-2(4,5)1(6)7/h5,8,10,14,17,20H,4,6-7,9,11H2,1-3H3;(H,6,7). The van der Waals surface area contributed by atoms with Crippen molar-refractivity contribution in [3.05, 3.63) is 29.6 Å². The number of carbonyl (C=O) groups excluding carboxylic acids is 1. The minimum absolute atomic E-state index is 0.333. The van der Waals surface area contributed by atoms with Gasteiger partial charge in [-0.3, -0.25) is 0 Å². The number of allylic oxidation sites excluding steroid dienone is 1. The van der Waals surface area contributed by atoms with E-state index >= 15 is 0 Å². The SMILES string of the molecule is CC(C)(C)OC(=O)n1ccc(CCC=C2CNCCC2O)n1.O=C(O)C(F)(F)F. The predicted molar refractivity (Wildman–Crippen MR) is 97.4 cm³/mol. The summed E-state index contributed by atoms with van der Waals surface area (Å²) in [6.07, 6.45) is 0.0751. The Hall–Kier alpha value is -2.40. The molecule has 1 saturated heterocycles. The number of piperidine rings is 1. The lowest BCUT2D eigenvalue weighted by atomic mass is 10.0. The van der Waals surface area contributed by atoms with Gasteiger partial charge in [0.15, 0.2) is 0 Å². The number of halogens is 3. The molecule has 1 aromatic heterocycles. The molecule has 8 nitrogen and oxygen atoms in total. The van der Waals surface area contributed by atoms with Gasteiger partial charge in [-0.1, -0.05) is 6.08 Å². The van der Waals surface area contributed by atoms with E-state index < -0.39 is 23.8 Å². The van der Waals surface area contributed by atoms with Gasteiger partial charge >= 0.3 is 18.2 Å². The molecule has 0 radical (unpaired) electrons. The third-order valence-electron chi connectivity index (χ3n) is 3.63. The van der Waals surface area contributed by atoms with Crippen molar-refractivity contribution in [3.63, 3.8) is 0 Å². The summed E-state index contributed by atoms with van der Waals surface area (Å²) in [4.78, 5) is 20.8. The summed E-state index contributed by atoms with van der Waals surface area (Å²) < 4.78 is 38.2. The first kappa shape index (κ1) is 24.6. The van der Waals surface area contributed by atoms with Gasteiger partial charge in [0.2, 0.25) is 0 Å². The average Bonchev–Trinajstić information content (AvgIpc) is 3.04. The maximum absolute atomic E-state index is 11.9. The van der Waals surface area contributed by atoms with Crippen molar-refractivity contribution >= 4 is 12.1 Å². The molecule has 0 aliphatic carbocycles. The highest BCUT2D eigenvalue weighted by molar-refractivity contribution is 5.73. The zero-order valence-corrected chi connectivity index (χ0v) is 16.5. The largest absolute Gasteiger partial charge is 0.490 e. The van der Waals surface area contributed by atoms with E-state index in [0.29, 0.717) is 0 Å². The number of carbonyl (C=O) groups is 2. The molecule has 0 amide bonds. The second kappa shape index (κ2) is 10.4. The molecule has 1 unspecified atom stereocenters. The molecular formula is C18H26F3N3O5. The van der Waals surface area contributed by atoms with Crippen molar-refractivity contribution in [2.45, 2.75) is 57.9 Å². The fourth-order valence-electron chi connectivity index (χ4n) is 2.29. The Bertz CT molecular complexity index is 723. The van der Waals surface area contributed by atoms with Crippen LogP contribution in [0.15, 0.2) is 23.9 Å². The van der Waals surface area contributed by atoms with Gasteiger partial charge in [-0.05, 0) is 58.2 Å². The zero-order valence-electron chi connectivity index (χ0n) is 16.5. The molecule has 1 atom stereocenters. The van der Waals surface area contributed by atoms with Crippen molar-refractivity contribution in [1.29, 1.82) is 0 Å². The number of aliphatic hydroxyl groups is 1. The number of aryl methyl sites for hydroxylation is 1. The Morgan fingerprint density at radius 2 is 2.00 bits per heavy atom. The van der Waals surface area contributed by atoms with Gasteiger partial charge in [-0.25, -0.2) is 9.59 Å². The lowest BCUT2D eigenvalue weighted by Gasteiger charge is -2.21. The van der Waals surface area contributed by atoms with Gasteiger partial charge < -0.3 is 20.3 Å². The van der Waals surface area contributed by atoms with Crippen LogP contribution >= 0.6 is 0 Å². The summed E-state index contributed by atoms with van der Waals surface area (Å²) in [5.41, 5.74) is 1.34. The van der Waals surface area contributed by atoms with Crippen molar-refractivity contribution in [2.75, 3.05) is 13.1 Å². The van der Waals surface area contributed by atoms with E-state index in [1.165, 1.54) is 4.68 Å². The number of hydrogen-bond acceptors (Lipinski definition) is 6.